The first kappa shape index (κ1) is 27.2. The van der Waals surface area contributed by atoms with Gasteiger partial charge in [0.2, 0.25) is 0 Å². The molecule has 0 aliphatic carbocycles. The summed E-state index contributed by atoms with van der Waals surface area (Å²) in [6, 6.07) is 9.45. The predicted molar refractivity (Wildman–Crippen MR) is 147 cm³/mol. The second-order valence-electron chi connectivity index (χ2n) is 11.0. The summed E-state index contributed by atoms with van der Waals surface area (Å²) in [6.45, 7) is 13.7. The molecular formula is C29H40N6O4. The lowest BCUT2D eigenvalue weighted by molar-refractivity contribution is -0.152. The maximum Gasteiger partial charge on any atom is 0.434 e. The Morgan fingerprint density at radius 2 is 1.64 bits per heavy atom. The number of likely N-dealkylation sites (tertiary alicyclic amines) is 1. The average molecular weight is 537 g/mol. The van der Waals surface area contributed by atoms with Gasteiger partial charge in [0, 0.05) is 64.6 Å². The van der Waals surface area contributed by atoms with Crippen molar-refractivity contribution in [1.82, 2.24) is 29.6 Å². The second kappa shape index (κ2) is 12.2. The van der Waals surface area contributed by atoms with Crippen LogP contribution in [0, 0.1) is 5.92 Å². The maximum absolute atomic E-state index is 13.1. The van der Waals surface area contributed by atoms with E-state index in [4.69, 9.17) is 4.84 Å². The minimum atomic E-state index is -0.652. The zero-order valence-electron chi connectivity index (χ0n) is 22.9. The molecule has 4 aliphatic heterocycles. The van der Waals surface area contributed by atoms with Gasteiger partial charge in [-0.2, -0.15) is 0 Å². The van der Waals surface area contributed by atoms with Gasteiger partial charge < -0.3 is 19.5 Å². The largest absolute Gasteiger partial charge is 0.434 e. The van der Waals surface area contributed by atoms with Crippen molar-refractivity contribution in [3.05, 3.63) is 60.3 Å². The van der Waals surface area contributed by atoms with Crippen LogP contribution in [0.4, 0.5) is 9.59 Å². The van der Waals surface area contributed by atoms with E-state index in [1.807, 2.05) is 19.1 Å². The number of carbonyl (C=O) groups is 3. The Kier molecular flexibility index (Phi) is 8.52. The summed E-state index contributed by atoms with van der Waals surface area (Å²) >= 11 is 0. The summed E-state index contributed by atoms with van der Waals surface area (Å²) in [6.07, 6.45) is 5.28. The number of allylic oxidation sites excluding steroid dienone is 3. The molecule has 10 heteroatoms. The summed E-state index contributed by atoms with van der Waals surface area (Å²) in [7, 11) is 0. The van der Waals surface area contributed by atoms with Crippen LogP contribution in [-0.4, -0.2) is 119 Å². The third-order valence-electron chi connectivity index (χ3n) is 8.41. The van der Waals surface area contributed by atoms with E-state index in [1.165, 1.54) is 5.56 Å². The van der Waals surface area contributed by atoms with Crippen molar-refractivity contribution in [2.24, 2.45) is 5.92 Å². The smallest absolute Gasteiger partial charge is 0.371 e. The molecule has 1 aromatic rings. The van der Waals surface area contributed by atoms with Gasteiger partial charge in [-0.1, -0.05) is 48.1 Å². The number of benzene rings is 1. The van der Waals surface area contributed by atoms with E-state index in [1.54, 1.807) is 15.9 Å². The molecule has 1 atom stereocenters. The minimum Gasteiger partial charge on any atom is -0.371 e. The number of amides is 4. The molecule has 4 amide bonds. The normalized spacial score (nSPS) is 23.8. The van der Waals surface area contributed by atoms with Gasteiger partial charge in [0.1, 0.15) is 6.04 Å². The fourth-order valence-electron chi connectivity index (χ4n) is 6.06. The molecule has 4 saturated heterocycles. The standard InChI is InChI=1S/C29H40N6O4/c1-3-7-23(2)32-15-17-33(18-16-32)29(38)39-35-27(36)26-22-31(14-19-34(26)28(35)37)21-25-10-12-30(13-11-25)20-24-8-5-4-6-9-24/h3-9,25-26H,1,10-22H2,2H3/b23-7+. The Labute approximate surface area is 231 Å². The summed E-state index contributed by atoms with van der Waals surface area (Å²) in [4.78, 5) is 54.3. The highest BCUT2D eigenvalue weighted by atomic mass is 16.7. The number of hydrogen-bond donors (Lipinski definition) is 0. The Hall–Kier alpha value is -3.37. The summed E-state index contributed by atoms with van der Waals surface area (Å²) in [5.41, 5.74) is 2.43. The first-order chi connectivity index (χ1) is 18.9. The Bertz CT molecular complexity index is 1080. The molecule has 1 unspecified atom stereocenters. The highest BCUT2D eigenvalue weighted by Gasteiger charge is 2.50. The van der Waals surface area contributed by atoms with Crippen molar-refractivity contribution in [3.63, 3.8) is 0 Å². The Balaban J connectivity index is 1.08. The topological polar surface area (TPSA) is 79.9 Å². The number of nitrogens with zero attached hydrogens (tertiary/aromatic N) is 6. The lowest BCUT2D eigenvalue weighted by Gasteiger charge is -2.39. The van der Waals surface area contributed by atoms with Crippen LogP contribution in [0.3, 0.4) is 0 Å². The zero-order valence-corrected chi connectivity index (χ0v) is 22.9. The van der Waals surface area contributed by atoms with Crippen molar-refractivity contribution in [2.75, 3.05) is 65.4 Å². The van der Waals surface area contributed by atoms with Crippen molar-refractivity contribution >= 4 is 18.0 Å². The number of hydroxylamine groups is 2. The monoisotopic (exact) mass is 536 g/mol. The molecule has 0 spiro atoms. The lowest BCUT2D eigenvalue weighted by atomic mass is 9.95. The molecule has 1 aromatic carbocycles. The molecule has 0 bridgehead atoms. The molecule has 0 aromatic heterocycles. The van der Waals surface area contributed by atoms with Crippen LogP contribution in [0.5, 0.6) is 0 Å². The van der Waals surface area contributed by atoms with E-state index in [0.717, 1.165) is 51.3 Å². The number of piperazine rings is 2. The molecule has 210 valence electrons. The van der Waals surface area contributed by atoms with Crippen molar-refractivity contribution in [2.45, 2.75) is 32.4 Å². The van der Waals surface area contributed by atoms with Crippen molar-refractivity contribution < 1.29 is 19.2 Å². The molecule has 5 rings (SSSR count). The molecule has 4 aliphatic rings. The molecule has 0 N–H and O–H groups in total. The molecule has 10 nitrogen and oxygen atoms in total. The molecule has 0 saturated carbocycles. The van der Waals surface area contributed by atoms with Crippen LogP contribution in [-0.2, 0) is 16.2 Å². The third kappa shape index (κ3) is 6.28. The van der Waals surface area contributed by atoms with Gasteiger partial charge in [0.05, 0.1) is 0 Å². The number of urea groups is 1. The summed E-state index contributed by atoms with van der Waals surface area (Å²) in [5, 5.41) is 0.688. The molecule has 0 radical (unpaired) electrons. The van der Waals surface area contributed by atoms with Crippen LogP contribution >= 0.6 is 0 Å². The first-order valence-electron chi connectivity index (χ1n) is 14.1. The van der Waals surface area contributed by atoms with E-state index in [2.05, 4.69) is 45.5 Å². The van der Waals surface area contributed by atoms with Gasteiger partial charge in [-0.05, 0) is 50.4 Å². The zero-order chi connectivity index (χ0) is 27.4. The lowest BCUT2D eigenvalue weighted by Crippen LogP contribution is -2.54. The summed E-state index contributed by atoms with van der Waals surface area (Å²) in [5.74, 6) is 0.132. The van der Waals surface area contributed by atoms with Crippen LogP contribution < -0.4 is 0 Å². The van der Waals surface area contributed by atoms with E-state index in [0.29, 0.717) is 50.2 Å². The Morgan fingerprint density at radius 1 is 0.949 bits per heavy atom. The van der Waals surface area contributed by atoms with Gasteiger partial charge >= 0.3 is 12.1 Å². The maximum atomic E-state index is 13.1. The van der Waals surface area contributed by atoms with Gasteiger partial charge in [0.25, 0.3) is 5.91 Å². The van der Waals surface area contributed by atoms with Crippen molar-refractivity contribution in [3.8, 4) is 0 Å². The predicted octanol–water partition coefficient (Wildman–Crippen LogP) is 2.61. The van der Waals surface area contributed by atoms with Crippen molar-refractivity contribution in [1.29, 1.82) is 0 Å². The Morgan fingerprint density at radius 3 is 2.33 bits per heavy atom. The van der Waals surface area contributed by atoms with Crippen LogP contribution in [0.1, 0.15) is 25.3 Å². The van der Waals surface area contributed by atoms with Gasteiger partial charge in [0.15, 0.2) is 0 Å². The fourth-order valence-corrected chi connectivity index (χ4v) is 6.06. The molecule has 4 heterocycles. The molecule has 39 heavy (non-hydrogen) atoms. The van der Waals surface area contributed by atoms with E-state index >= 15 is 0 Å². The number of imide groups is 1. The van der Waals surface area contributed by atoms with E-state index < -0.39 is 24.1 Å². The molecule has 4 fully saturated rings. The molecular weight excluding hydrogens is 496 g/mol. The van der Waals surface area contributed by atoms with Gasteiger partial charge in [-0.3, -0.25) is 14.6 Å². The van der Waals surface area contributed by atoms with Crippen LogP contribution in [0.2, 0.25) is 0 Å². The van der Waals surface area contributed by atoms with E-state index in [-0.39, 0.29) is 0 Å². The number of hydrogen-bond acceptors (Lipinski definition) is 7. The average Bonchev–Trinajstić information content (AvgIpc) is 3.19. The first-order valence-corrected chi connectivity index (χ1v) is 14.1. The minimum absolute atomic E-state index is 0.445. The highest BCUT2D eigenvalue weighted by molar-refractivity contribution is 6.04. The SMILES string of the molecule is C=C/C=C(\C)N1CCN(C(=O)ON2C(=O)C3CN(CC4CCN(Cc5ccccc5)CC4)CCN3C2=O)CC1. The second-order valence-corrected chi connectivity index (χ2v) is 11.0. The number of carbonyl (C=O) groups excluding carboxylic acids is 3. The number of rotatable bonds is 7. The number of fused-ring (bicyclic) bond motifs is 1. The van der Waals surface area contributed by atoms with E-state index in [9.17, 15) is 14.4 Å². The number of piperidine rings is 1. The highest BCUT2D eigenvalue weighted by Crippen LogP contribution is 2.26. The van der Waals surface area contributed by atoms with Gasteiger partial charge in [-0.25, -0.2) is 9.59 Å². The van der Waals surface area contributed by atoms with Gasteiger partial charge in [-0.15, -0.1) is 0 Å². The van der Waals surface area contributed by atoms with Crippen LogP contribution in [0.15, 0.2) is 54.8 Å². The quantitative estimate of drug-likeness (QED) is 0.392. The summed E-state index contributed by atoms with van der Waals surface area (Å²) < 4.78 is 0. The third-order valence-corrected chi connectivity index (χ3v) is 8.41. The van der Waals surface area contributed by atoms with Crippen LogP contribution in [0.25, 0.3) is 0 Å². The fraction of sp³-hybridized carbons (Fsp3) is 0.552.